The minimum Gasteiger partial charge on any atom is -0.497 e. The Balaban J connectivity index is 2.28. The van der Waals surface area contributed by atoms with Gasteiger partial charge in [0.1, 0.15) is 15.6 Å². The number of nitrogens with one attached hydrogen (secondary N) is 1. The van der Waals surface area contributed by atoms with Gasteiger partial charge in [-0.2, -0.15) is 4.31 Å². The number of hydrogen-bond acceptors (Lipinski definition) is 7. The first-order valence-electron chi connectivity index (χ1n) is 12.7. The molecule has 0 fully saturated rings. The number of carbonyl (C=O) groups is 1. The van der Waals surface area contributed by atoms with Crippen LogP contribution in [0.3, 0.4) is 0 Å². The Morgan fingerprint density at radius 3 is 2.24 bits per heavy atom. The van der Waals surface area contributed by atoms with Crippen LogP contribution in [0.15, 0.2) is 59.5 Å². The summed E-state index contributed by atoms with van der Waals surface area (Å²) in [5.41, 5.74) is 0.997. The third kappa shape index (κ3) is 10.0. The summed E-state index contributed by atoms with van der Waals surface area (Å²) in [6.45, 7) is 3.43. The first-order valence-corrected chi connectivity index (χ1v) is 16.2. The van der Waals surface area contributed by atoms with E-state index in [4.69, 9.17) is 4.74 Å². The third-order valence-electron chi connectivity index (χ3n) is 6.23. The van der Waals surface area contributed by atoms with E-state index in [1.807, 2.05) is 37.3 Å². The van der Waals surface area contributed by atoms with Crippen molar-refractivity contribution in [3.63, 3.8) is 0 Å². The number of hydrogen-bond donors (Lipinski definition) is 2. The molecule has 0 radical (unpaired) electrons. The summed E-state index contributed by atoms with van der Waals surface area (Å²) in [5, 5.41) is 14.0. The van der Waals surface area contributed by atoms with Gasteiger partial charge in [0.25, 0.3) is 0 Å². The van der Waals surface area contributed by atoms with Gasteiger partial charge in [-0.1, -0.05) is 50.6 Å². The maximum atomic E-state index is 13.5. The monoisotopic (exact) mass is 568 g/mol. The highest BCUT2D eigenvalue weighted by Crippen LogP contribution is 2.21. The normalized spacial score (nSPS) is 14.6. The van der Waals surface area contributed by atoms with Crippen molar-refractivity contribution in [3.8, 4) is 5.75 Å². The Morgan fingerprint density at radius 2 is 1.68 bits per heavy atom. The summed E-state index contributed by atoms with van der Waals surface area (Å²) in [7, 11) is -5.83. The summed E-state index contributed by atoms with van der Waals surface area (Å²) in [5.74, 6) is -1.13. The van der Waals surface area contributed by atoms with E-state index in [1.165, 1.54) is 30.5 Å². The van der Waals surface area contributed by atoms with Crippen LogP contribution in [0, 0.1) is 5.92 Å². The van der Waals surface area contributed by atoms with Crippen LogP contribution in [0.2, 0.25) is 0 Å². The number of carbonyl (C=O) groups excluding carboxylic acids is 1. The zero-order chi connectivity index (χ0) is 28.3. The largest absolute Gasteiger partial charge is 0.497 e. The van der Waals surface area contributed by atoms with Gasteiger partial charge >= 0.3 is 0 Å². The number of rotatable bonds is 16. The number of benzene rings is 2. The van der Waals surface area contributed by atoms with Crippen LogP contribution in [0.5, 0.6) is 5.75 Å². The van der Waals surface area contributed by atoms with Crippen molar-refractivity contribution in [2.24, 2.45) is 5.92 Å². The summed E-state index contributed by atoms with van der Waals surface area (Å²) in [4.78, 5) is 12.9. The van der Waals surface area contributed by atoms with Gasteiger partial charge in [0, 0.05) is 25.3 Å². The maximum Gasteiger partial charge on any atom is 0.243 e. The number of aryl methyl sites for hydroxylation is 1. The van der Waals surface area contributed by atoms with Crippen LogP contribution in [-0.4, -0.2) is 76.5 Å². The molecule has 0 saturated heterocycles. The van der Waals surface area contributed by atoms with Gasteiger partial charge in [0.15, 0.2) is 0 Å². The molecule has 2 aromatic carbocycles. The molecule has 0 aromatic heterocycles. The fraction of sp³-hybridized carbons (Fsp3) is 0.519. The molecule has 0 saturated carbocycles. The summed E-state index contributed by atoms with van der Waals surface area (Å²) in [6.07, 6.45) is 2.05. The Morgan fingerprint density at radius 1 is 1.05 bits per heavy atom. The first kappa shape index (κ1) is 31.7. The number of aliphatic hydroxyl groups is 1. The van der Waals surface area contributed by atoms with Gasteiger partial charge in [0.05, 0.1) is 29.9 Å². The van der Waals surface area contributed by atoms with Crippen molar-refractivity contribution in [1.29, 1.82) is 0 Å². The average molecular weight is 569 g/mol. The van der Waals surface area contributed by atoms with Crippen molar-refractivity contribution < 1.29 is 31.5 Å². The Kier molecular flexibility index (Phi) is 12.2. The highest BCUT2D eigenvalue weighted by atomic mass is 32.2. The average Bonchev–Trinajstić information content (AvgIpc) is 2.88. The highest BCUT2D eigenvalue weighted by Gasteiger charge is 2.31. The number of ether oxygens (including phenoxy) is 1. The molecule has 0 heterocycles. The van der Waals surface area contributed by atoms with Crippen LogP contribution in [0.25, 0.3) is 0 Å². The van der Waals surface area contributed by atoms with Gasteiger partial charge < -0.3 is 15.2 Å². The molecule has 0 unspecified atom stereocenters. The number of nitrogens with zero attached hydrogens (tertiary/aromatic N) is 1. The molecule has 2 rings (SSSR count). The maximum absolute atomic E-state index is 13.5. The van der Waals surface area contributed by atoms with Gasteiger partial charge in [-0.05, 0) is 49.1 Å². The SMILES string of the molecule is CCCCN(C[C@@H](O)[C@H](CCc1ccccc1)NC(=O)[C@H](C)CS(C)(=O)=O)S(=O)(=O)c1ccc(OC)cc1. The molecule has 0 aliphatic rings. The fourth-order valence-corrected chi connectivity index (χ4v) is 6.62. The predicted molar refractivity (Wildman–Crippen MR) is 148 cm³/mol. The van der Waals surface area contributed by atoms with Gasteiger partial charge in [-0.3, -0.25) is 4.79 Å². The fourth-order valence-electron chi connectivity index (χ4n) is 4.06. The lowest BCUT2D eigenvalue weighted by molar-refractivity contribution is -0.125. The highest BCUT2D eigenvalue weighted by molar-refractivity contribution is 7.90. The topological polar surface area (TPSA) is 130 Å². The minimum absolute atomic E-state index is 0.0771. The van der Waals surface area contributed by atoms with Crippen LogP contribution in [0.4, 0.5) is 0 Å². The molecule has 0 aliphatic heterocycles. The lowest BCUT2D eigenvalue weighted by Gasteiger charge is -2.30. The van der Waals surface area contributed by atoms with Crippen molar-refractivity contribution in [2.75, 3.05) is 32.2 Å². The first-order chi connectivity index (χ1) is 17.9. The number of unbranched alkanes of at least 4 members (excludes halogenated alkanes) is 1. The predicted octanol–water partition coefficient (Wildman–Crippen LogP) is 2.65. The van der Waals surface area contributed by atoms with E-state index >= 15 is 0 Å². The zero-order valence-corrected chi connectivity index (χ0v) is 24.2. The second kappa shape index (κ2) is 14.6. The molecule has 3 atom stereocenters. The molecule has 0 bridgehead atoms. The van der Waals surface area contributed by atoms with E-state index in [1.54, 1.807) is 12.1 Å². The molecule has 1 amide bonds. The number of aliphatic hydroxyl groups excluding tert-OH is 1. The molecule has 0 aliphatic carbocycles. The van der Waals surface area contributed by atoms with Gasteiger partial charge in [0.2, 0.25) is 15.9 Å². The quantitative estimate of drug-likeness (QED) is 0.318. The molecule has 11 heteroatoms. The Labute approximate surface area is 227 Å². The van der Waals surface area contributed by atoms with Gasteiger partial charge in [-0.25, -0.2) is 16.8 Å². The number of amides is 1. The lowest BCUT2D eigenvalue weighted by atomic mass is 10.00. The second-order valence-corrected chi connectivity index (χ2v) is 13.7. The van der Waals surface area contributed by atoms with Crippen molar-refractivity contribution in [2.45, 2.75) is 56.6 Å². The molecule has 212 valence electrons. The van der Waals surface area contributed by atoms with Gasteiger partial charge in [-0.15, -0.1) is 0 Å². The Bertz CT molecular complexity index is 1220. The van der Waals surface area contributed by atoms with Crippen LogP contribution < -0.4 is 10.1 Å². The molecular formula is C27H40N2O7S2. The molecule has 2 N–H and O–H groups in total. The summed E-state index contributed by atoms with van der Waals surface area (Å²) < 4.78 is 56.7. The van der Waals surface area contributed by atoms with E-state index in [-0.39, 0.29) is 23.7 Å². The summed E-state index contributed by atoms with van der Waals surface area (Å²) in [6, 6.07) is 14.8. The molecule has 2 aromatic rings. The molecule has 38 heavy (non-hydrogen) atoms. The minimum atomic E-state index is -3.94. The van der Waals surface area contributed by atoms with E-state index in [0.717, 1.165) is 18.2 Å². The van der Waals surface area contributed by atoms with E-state index in [9.17, 15) is 26.7 Å². The van der Waals surface area contributed by atoms with Crippen molar-refractivity contribution >= 4 is 25.8 Å². The second-order valence-electron chi connectivity index (χ2n) is 9.59. The molecular weight excluding hydrogens is 528 g/mol. The number of sulfone groups is 1. The van der Waals surface area contributed by atoms with Crippen LogP contribution in [0.1, 0.15) is 38.7 Å². The number of sulfonamides is 1. The van der Waals surface area contributed by atoms with Crippen LogP contribution >= 0.6 is 0 Å². The van der Waals surface area contributed by atoms with Crippen molar-refractivity contribution in [1.82, 2.24) is 9.62 Å². The zero-order valence-electron chi connectivity index (χ0n) is 22.5. The smallest absolute Gasteiger partial charge is 0.243 e. The molecule has 9 nitrogen and oxygen atoms in total. The van der Waals surface area contributed by atoms with E-state index < -0.39 is 43.8 Å². The number of methoxy groups -OCH3 is 1. The summed E-state index contributed by atoms with van der Waals surface area (Å²) >= 11 is 0. The standard InChI is InChI=1S/C27H40N2O7S2/c1-5-6-18-29(38(34,35)24-15-13-23(36-3)14-16-24)19-26(30)25(17-12-22-10-8-7-9-11-22)28-27(31)21(2)20-37(4,32)33/h7-11,13-16,21,25-26,30H,5-6,12,17-20H2,1-4H3,(H,28,31)/t21-,25+,26-/m1/s1. The lowest BCUT2D eigenvalue weighted by Crippen LogP contribution is -2.51. The van der Waals surface area contributed by atoms with E-state index in [0.29, 0.717) is 25.0 Å². The van der Waals surface area contributed by atoms with E-state index in [2.05, 4.69) is 5.32 Å². The third-order valence-corrected chi connectivity index (χ3v) is 9.21. The van der Waals surface area contributed by atoms with Crippen LogP contribution in [-0.2, 0) is 31.1 Å². The molecule has 0 spiro atoms. The van der Waals surface area contributed by atoms with Crippen molar-refractivity contribution in [3.05, 3.63) is 60.2 Å². The Hall–Kier alpha value is -2.47.